The van der Waals surface area contributed by atoms with Crippen molar-refractivity contribution in [2.75, 3.05) is 62.5 Å². The van der Waals surface area contributed by atoms with Gasteiger partial charge in [0.1, 0.15) is 16.5 Å². The number of halogens is 1. The number of piperazine rings is 1. The van der Waals surface area contributed by atoms with Crippen molar-refractivity contribution < 1.29 is 19.4 Å². The van der Waals surface area contributed by atoms with E-state index in [1.807, 2.05) is 18.2 Å². The van der Waals surface area contributed by atoms with Gasteiger partial charge in [0.05, 0.1) is 32.0 Å². The molecule has 190 valence electrons. The van der Waals surface area contributed by atoms with E-state index in [9.17, 15) is 4.79 Å². The van der Waals surface area contributed by atoms with Gasteiger partial charge in [0, 0.05) is 49.7 Å². The first-order valence-electron chi connectivity index (χ1n) is 11.5. The third kappa shape index (κ3) is 6.54. The Kier molecular flexibility index (Phi) is 8.42. The minimum atomic E-state index is -0.297. The number of aromatic nitrogens is 2. The van der Waals surface area contributed by atoms with Crippen LogP contribution in [0.1, 0.15) is 6.42 Å². The molecule has 11 heteroatoms. The van der Waals surface area contributed by atoms with Gasteiger partial charge in [-0.05, 0) is 31.3 Å². The van der Waals surface area contributed by atoms with Crippen molar-refractivity contribution in [1.82, 2.24) is 14.9 Å². The maximum absolute atomic E-state index is 11.8. The largest absolute Gasteiger partial charge is 0.494 e. The molecule has 3 N–H and O–H groups in total. The number of nitrogens with zero attached hydrogens (tertiary/aromatic N) is 4. The number of methoxy groups -OCH3 is 1. The molecule has 0 aliphatic carbocycles. The smallest absolute Gasteiger partial charge is 0.243 e. The number of aliphatic hydroxyl groups excluding tert-OH is 1. The Morgan fingerprint density at radius 3 is 2.72 bits per heavy atom. The van der Waals surface area contributed by atoms with Crippen molar-refractivity contribution in [3.05, 3.63) is 53.7 Å². The van der Waals surface area contributed by atoms with Crippen molar-refractivity contribution in [2.45, 2.75) is 6.42 Å². The number of ether oxygens (including phenoxy) is 2. The molecule has 3 aromatic rings. The van der Waals surface area contributed by atoms with Crippen LogP contribution in [-0.2, 0) is 4.79 Å². The second kappa shape index (κ2) is 11.9. The SMILES string of the molecule is COc1cc(N2CCN(C)CC2)ccc1Nc1ncc(Cl)c(Oc2cccc(NC(=O)CCO)c2)n1. The number of carbonyl (C=O) groups excluding carboxylic acids is 1. The van der Waals surface area contributed by atoms with E-state index in [-0.39, 0.29) is 35.8 Å². The first kappa shape index (κ1) is 25.5. The van der Waals surface area contributed by atoms with Crippen molar-refractivity contribution in [1.29, 1.82) is 0 Å². The molecule has 1 amide bonds. The number of nitrogens with one attached hydrogen (secondary N) is 2. The summed E-state index contributed by atoms with van der Waals surface area (Å²) in [6, 6.07) is 12.8. The van der Waals surface area contributed by atoms with Gasteiger partial charge in [-0.15, -0.1) is 0 Å². The van der Waals surface area contributed by atoms with Crippen molar-refractivity contribution >= 4 is 40.5 Å². The molecular weight excluding hydrogens is 484 g/mol. The van der Waals surface area contributed by atoms with E-state index in [0.29, 0.717) is 22.9 Å². The Labute approximate surface area is 214 Å². The maximum atomic E-state index is 11.8. The minimum absolute atomic E-state index is 0.0116. The average Bonchev–Trinajstić information content (AvgIpc) is 2.87. The highest BCUT2D eigenvalue weighted by atomic mass is 35.5. The molecule has 4 rings (SSSR count). The second-order valence-corrected chi connectivity index (χ2v) is 8.71. The summed E-state index contributed by atoms with van der Waals surface area (Å²) in [7, 11) is 3.75. The third-order valence-corrected chi connectivity index (χ3v) is 5.94. The van der Waals surface area contributed by atoms with E-state index in [1.54, 1.807) is 31.4 Å². The Balaban J connectivity index is 1.48. The summed E-state index contributed by atoms with van der Waals surface area (Å²) in [4.78, 5) is 25.1. The van der Waals surface area contributed by atoms with Crippen molar-refractivity contribution in [2.24, 2.45) is 0 Å². The highest BCUT2D eigenvalue weighted by molar-refractivity contribution is 6.31. The van der Waals surface area contributed by atoms with Crippen LogP contribution in [0.4, 0.5) is 23.0 Å². The number of rotatable bonds is 9. The van der Waals surface area contributed by atoms with E-state index < -0.39 is 0 Å². The molecule has 1 aliphatic heterocycles. The van der Waals surface area contributed by atoms with Crippen molar-refractivity contribution in [3.63, 3.8) is 0 Å². The van der Waals surface area contributed by atoms with Gasteiger partial charge in [0.15, 0.2) is 0 Å². The number of hydrogen-bond donors (Lipinski definition) is 3. The summed E-state index contributed by atoms with van der Waals surface area (Å²) in [5.74, 6) is 1.23. The number of amides is 1. The molecule has 0 saturated carbocycles. The molecule has 2 heterocycles. The lowest BCUT2D eigenvalue weighted by molar-refractivity contribution is -0.116. The van der Waals surface area contributed by atoms with Crippen LogP contribution in [0.5, 0.6) is 17.4 Å². The summed E-state index contributed by atoms with van der Waals surface area (Å²) in [6.07, 6.45) is 1.46. The summed E-state index contributed by atoms with van der Waals surface area (Å²) in [5.41, 5.74) is 2.33. The van der Waals surface area contributed by atoms with Crippen LogP contribution in [0, 0.1) is 0 Å². The Bertz CT molecular complexity index is 1200. The molecule has 1 fully saturated rings. The molecule has 1 saturated heterocycles. The van der Waals surface area contributed by atoms with Crippen LogP contribution in [0.2, 0.25) is 5.02 Å². The highest BCUT2D eigenvalue weighted by Gasteiger charge is 2.17. The lowest BCUT2D eigenvalue weighted by atomic mass is 10.2. The van der Waals surface area contributed by atoms with E-state index >= 15 is 0 Å². The molecule has 1 aliphatic rings. The third-order valence-electron chi connectivity index (χ3n) is 5.68. The van der Waals surface area contributed by atoms with Crippen LogP contribution in [0.25, 0.3) is 0 Å². The fourth-order valence-electron chi connectivity index (χ4n) is 3.72. The Morgan fingerprint density at radius 2 is 1.97 bits per heavy atom. The van der Waals surface area contributed by atoms with Crippen LogP contribution in [0.15, 0.2) is 48.7 Å². The predicted octanol–water partition coefficient (Wildman–Crippen LogP) is 3.75. The van der Waals surface area contributed by atoms with Gasteiger partial charge in [-0.2, -0.15) is 4.98 Å². The van der Waals surface area contributed by atoms with Crippen molar-refractivity contribution in [3.8, 4) is 17.4 Å². The molecule has 0 bridgehead atoms. The zero-order valence-corrected chi connectivity index (χ0v) is 21.0. The molecule has 0 radical (unpaired) electrons. The van der Waals surface area contributed by atoms with Gasteiger partial charge < -0.3 is 35.0 Å². The van der Waals surface area contributed by atoms with Gasteiger partial charge in [0.25, 0.3) is 0 Å². The highest BCUT2D eigenvalue weighted by Crippen LogP contribution is 2.34. The maximum Gasteiger partial charge on any atom is 0.243 e. The van der Waals surface area contributed by atoms with Crippen LogP contribution in [-0.4, -0.2) is 72.8 Å². The Hall–Kier alpha value is -3.60. The second-order valence-electron chi connectivity index (χ2n) is 8.30. The fraction of sp³-hybridized carbons (Fsp3) is 0.320. The molecular formula is C25H29ClN6O4. The standard InChI is InChI=1S/C25H29ClN6O4/c1-31-9-11-32(12-10-31)18-6-7-21(22(15-18)35-2)29-25-27-16-20(26)24(30-25)36-19-5-3-4-17(14-19)28-23(34)8-13-33/h3-7,14-16,33H,8-13H2,1-2H3,(H,28,34)(H,27,29,30). The van der Waals surface area contributed by atoms with Gasteiger partial charge in [-0.1, -0.05) is 17.7 Å². The summed E-state index contributed by atoms with van der Waals surface area (Å²) >= 11 is 6.28. The zero-order chi connectivity index (χ0) is 25.5. The van der Waals surface area contributed by atoms with Crippen LogP contribution in [0.3, 0.4) is 0 Å². The first-order valence-corrected chi connectivity index (χ1v) is 11.9. The van der Waals surface area contributed by atoms with E-state index in [2.05, 4.69) is 37.4 Å². The van der Waals surface area contributed by atoms with E-state index in [0.717, 1.165) is 31.9 Å². The number of likely N-dealkylation sites (N-methyl/N-ethyl adjacent to an activating group) is 1. The normalized spacial score (nSPS) is 13.8. The summed E-state index contributed by atoms with van der Waals surface area (Å²) in [6.45, 7) is 3.72. The minimum Gasteiger partial charge on any atom is -0.494 e. The quantitative estimate of drug-likeness (QED) is 0.394. The van der Waals surface area contributed by atoms with Gasteiger partial charge >= 0.3 is 0 Å². The van der Waals surface area contributed by atoms with E-state index in [4.69, 9.17) is 26.2 Å². The molecule has 0 unspecified atom stereocenters. The number of aliphatic hydroxyl groups is 1. The van der Waals surface area contributed by atoms with Crippen LogP contribution >= 0.6 is 11.6 Å². The Morgan fingerprint density at radius 1 is 1.17 bits per heavy atom. The monoisotopic (exact) mass is 512 g/mol. The first-order chi connectivity index (χ1) is 17.4. The molecule has 1 aromatic heterocycles. The molecule has 0 spiro atoms. The number of hydrogen-bond acceptors (Lipinski definition) is 9. The fourth-order valence-corrected chi connectivity index (χ4v) is 3.85. The van der Waals surface area contributed by atoms with Gasteiger partial charge in [-0.3, -0.25) is 4.79 Å². The lowest BCUT2D eigenvalue weighted by Gasteiger charge is -2.34. The average molecular weight is 513 g/mol. The number of carbonyl (C=O) groups is 1. The number of anilines is 4. The molecule has 0 atom stereocenters. The van der Waals surface area contributed by atoms with Gasteiger partial charge in [0.2, 0.25) is 17.7 Å². The topological polar surface area (TPSA) is 112 Å². The molecule has 36 heavy (non-hydrogen) atoms. The molecule has 10 nitrogen and oxygen atoms in total. The zero-order valence-electron chi connectivity index (χ0n) is 20.2. The summed E-state index contributed by atoms with van der Waals surface area (Å²) < 4.78 is 11.5. The summed E-state index contributed by atoms with van der Waals surface area (Å²) in [5, 5.41) is 15.0. The predicted molar refractivity (Wildman–Crippen MR) is 140 cm³/mol. The van der Waals surface area contributed by atoms with Gasteiger partial charge in [-0.25, -0.2) is 4.98 Å². The molecule has 2 aromatic carbocycles. The number of benzene rings is 2. The lowest BCUT2D eigenvalue weighted by Crippen LogP contribution is -2.44. The van der Waals surface area contributed by atoms with E-state index in [1.165, 1.54) is 6.20 Å². The van der Waals surface area contributed by atoms with Crippen LogP contribution < -0.4 is 25.0 Å².